The predicted octanol–water partition coefficient (Wildman–Crippen LogP) is 6.74. The number of methoxy groups -OCH3 is 5. The van der Waals surface area contributed by atoms with Crippen LogP contribution in [0, 0.1) is 5.92 Å². The molecule has 2 bridgehead atoms. The maximum Gasteiger partial charge on any atom is 0.534 e. The van der Waals surface area contributed by atoms with Crippen LogP contribution in [0.4, 0.5) is 13.2 Å². The number of allylic oxidation sites excluding steroid dienone is 1. The van der Waals surface area contributed by atoms with Crippen LogP contribution in [0.15, 0.2) is 42.5 Å². The molecule has 0 fully saturated rings. The highest BCUT2D eigenvalue weighted by Gasteiger charge is 2.65. The Hall–Kier alpha value is -5.17. The number of carbonyl (C=O) groups excluding carboxylic acids is 1. The average molecular weight is 691 g/mol. The van der Waals surface area contributed by atoms with E-state index in [9.17, 15) is 26.4 Å². The minimum atomic E-state index is -6.14. The van der Waals surface area contributed by atoms with E-state index < -0.39 is 38.6 Å². The van der Waals surface area contributed by atoms with E-state index in [-0.39, 0.29) is 22.7 Å². The fraction of sp³-hybridized carbons (Fsp3) is 0.250. The van der Waals surface area contributed by atoms with Gasteiger partial charge in [0.15, 0.2) is 17.3 Å². The molecule has 0 saturated carbocycles. The molecular formula is C36H25F3O9S. The van der Waals surface area contributed by atoms with Gasteiger partial charge in [-0.15, -0.1) is 0 Å². The smallest absolute Gasteiger partial charge is 0.496 e. The Kier molecular flexibility index (Phi) is 5.67. The Balaban J connectivity index is 1.62. The molecule has 0 radical (unpaired) electrons. The number of ketones is 1. The molecule has 10 rings (SSSR count). The normalized spacial score (nSPS) is 20.9. The number of carbonyl (C=O) groups is 1. The largest absolute Gasteiger partial charge is 0.534 e. The quantitative estimate of drug-likeness (QED) is 0.104. The molecule has 0 aliphatic heterocycles. The van der Waals surface area contributed by atoms with Crippen molar-refractivity contribution < 1.29 is 54.3 Å². The van der Waals surface area contributed by atoms with Crippen molar-refractivity contribution in [3.63, 3.8) is 0 Å². The molecule has 1 spiro atoms. The van der Waals surface area contributed by atoms with E-state index in [0.29, 0.717) is 66.8 Å². The van der Waals surface area contributed by atoms with Crippen molar-refractivity contribution in [2.45, 2.75) is 16.8 Å². The van der Waals surface area contributed by atoms with Crippen molar-refractivity contribution in [1.29, 1.82) is 0 Å². The predicted molar refractivity (Wildman–Crippen MR) is 173 cm³/mol. The summed E-state index contributed by atoms with van der Waals surface area (Å²) < 4.78 is 102. The van der Waals surface area contributed by atoms with Gasteiger partial charge in [0.25, 0.3) is 0 Å². The summed E-state index contributed by atoms with van der Waals surface area (Å²) in [6, 6.07) is 9.84. The summed E-state index contributed by atoms with van der Waals surface area (Å²) >= 11 is 0. The minimum absolute atomic E-state index is 0.103. The highest BCUT2D eigenvalue weighted by Crippen LogP contribution is 2.72. The molecular weight excluding hydrogens is 665 g/mol. The SMILES string of the molecule is COc1ccc(OS(=O)(=O)C(F)(F)F)c2c1[C@H]1C(=O)[C@H]3C=Cc4c(OC)c(OC)c5ccc6c(OC)cc7c(OC)cc1c1c7c6c5c4[C@]213. The summed E-state index contributed by atoms with van der Waals surface area (Å²) in [7, 11) is 1.29. The zero-order chi connectivity index (χ0) is 34.5. The van der Waals surface area contributed by atoms with E-state index in [0.717, 1.165) is 16.8 Å². The van der Waals surface area contributed by atoms with Gasteiger partial charge in [-0.05, 0) is 63.9 Å². The standard InChI is InChI=1S/C36H25F3O9S/c1-43-20-10-11-21(48-49(41,42)36(37,38)39)31-28(20)27-18-13-23(45-3)17-12-22(44-2)14-6-7-15-25-24(14)26(17)30(18)35(31)19(32(27)40)9-8-16(29(25)35)34(47-5)33(15)46-4/h6-13,19,27H,1-5H3/t19-,27+,35+/m1/s1. The van der Waals surface area contributed by atoms with Crippen LogP contribution < -0.4 is 27.9 Å². The molecule has 0 saturated heterocycles. The molecule has 13 heteroatoms. The van der Waals surface area contributed by atoms with Crippen molar-refractivity contribution in [1.82, 2.24) is 0 Å². The Morgan fingerprint density at radius 2 is 1.33 bits per heavy atom. The highest BCUT2D eigenvalue weighted by molar-refractivity contribution is 7.88. The molecule has 0 unspecified atom stereocenters. The molecule has 5 aromatic rings. The Bertz CT molecular complexity index is 2560. The Morgan fingerprint density at radius 3 is 1.98 bits per heavy atom. The van der Waals surface area contributed by atoms with Crippen LogP contribution in [-0.2, 0) is 20.3 Å². The second-order valence-electron chi connectivity index (χ2n) is 12.3. The van der Waals surface area contributed by atoms with Crippen molar-refractivity contribution in [3.05, 3.63) is 75.9 Å². The van der Waals surface area contributed by atoms with Crippen LogP contribution in [0.25, 0.3) is 38.4 Å². The lowest BCUT2D eigenvalue weighted by Gasteiger charge is -2.56. The molecule has 5 aromatic carbocycles. The van der Waals surface area contributed by atoms with E-state index in [2.05, 4.69) is 0 Å². The van der Waals surface area contributed by atoms with Gasteiger partial charge in [-0.2, -0.15) is 21.6 Å². The number of hydrogen-bond acceptors (Lipinski definition) is 9. The lowest BCUT2D eigenvalue weighted by molar-refractivity contribution is -0.124. The fourth-order valence-corrected chi connectivity index (χ4v) is 9.55. The van der Waals surface area contributed by atoms with Crippen molar-refractivity contribution in [2.75, 3.05) is 35.5 Å². The molecule has 49 heavy (non-hydrogen) atoms. The first-order valence-corrected chi connectivity index (χ1v) is 16.5. The third-order valence-electron chi connectivity index (χ3n) is 10.6. The molecule has 3 atom stereocenters. The van der Waals surface area contributed by atoms with Crippen LogP contribution in [0.5, 0.6) is 34.5 Å². The van der Waals surface area contributed by atoms with Gasteiger partial charge in [-0.1, -0.05) is 12.2 Å². The van der Waals surface area contributed by atoms with Crippen LogP contribution >= 0.6 is 0 Å². The Labute approximate surface area is 276 Å². The number of halogens is 3. The van der Waals surface area contributed by atoms with Gasteiger partial charge < -0.3 is 27.9 Å². The maximum atomic E-state index is 14.9. The number of benzene rings is 5. The number of hydrogen-bond donors (Lipinski definition) is 0. The van der Waals surface area contributed by atoms with Gasteiger partial charge in [-0.3, -0.25) is 4.79 Å². The lowest BCUT2D eigenvalue weighted by Crippen LogP contribution is -2.55. The average Bonchev–Trinajstić information content (AvgIpc) is 3.08. The summed E-state index contributed by atoms with van der Waals surface area (Å²) in [5, 5.41) is 4.07. The molecule has 0 heterocycles. The number of Topliss-reactive ketones (excluding diaryl/α,β-unsaturated/α-hetero) is 1. The van der Waals surface area contributed by atoms with Crippen LogP contribution in [0.3, 0.4) is 0 Å². The van der Waals surface area contributed by atoms with E-state index in [1.807, 2.05) is 18.2 Å². The zero-order valence-corrected chi connectivity index (χ0v) is 27.3. The summed E-state index contributed by atoms with van der Waals surface area (Å²) in [5.74, 6) is -0.925. The van der Waals surface area contributed by atoms with E-state index in [1.54, 1.807) is 25.3 Å². The second kappa shape index (κ2) is 9.29. The molecule has 0 aromatic heterocycles. The van der Waals surface area contributed by atoms with Gasteiger partial charge in [0.2, 0.25) is 0 Å². The molecule has 5 aliphatic rings. The monoisotopic (exact) mass is 690 g/mol. The topological polar surface area (TPSA) is 107 Å². The first kappa shape index (κ1) is 29.9. The summed E-state index contributed by atoms with van der Waals surface area (Å²) in [6.45, 7) is 0. The third-order valence-corrected chi connectivity index (χ3v) is 11.6. The first-order chi connectivity index (χ1) is 23.4. The molecule has 250 valence electrons. The minimum Gasteiger partial charge on any atom is -0.496 e. The molecule has 5 aliphatic carbocycles. The first-order valence-electron chi connectivity index (χ1n) is 15.1. The van der Waals surface area contributed by atoms with Crippen LogP contribution in [0.2, 0.25) is 0 Å². The highest BCUT2D eigenvalue weighted by atomic mass is 32.2. The fourth-order valence-electron chi connectivity index (χ4n) is 9.08. The van der Waals surface area contributed by atoms with Gasteiger partial charge in [0.1, 0.15) is 23.0 Å². The molecule has 0 N–H and O–H groups in total. The van der Waals surface area contributed by atoms with Crippen molar-refractivity contribution in [3.8, 4) is 34.5 Å². The van der Waals surface area contributed by atoms with Gasteiger partial charge in [-0.25, -0.2) is 0 Å². The molecule has 0 amide bonds. The van der Waals surface area contributed by atoms with Crippen molar-refractivity contribution in [2.24, 2.45) is 5.92 Å². The number of alkyl halides is 3. The second-order valence-corrected chi connectivity index (χ2v) is 13.9. The third kappa shape index (κ3) is 3.18. The summed E-state index contributed by atoms with van der Waals surface area (Å²) in [5.41, 5.74) is -4.72. The van der Waals surface area contributed by atoms with Gasteiger partial charge >= 0.3 is 15.6 Å². The van der Waals surface area contributed by atoms with E-state index in [1.165, 1.54) is 34.5 Å². The van der Waals surface area contributed by atoms with E-state index in [4.69, 9.17) is 27.9 Å². The van der Waals surface area contributed by atoms with E-state index >= 15 is 0 Å². The Morgan fingerprint density at radius 1 is 0.694 bits per heavy atom. The van der Waals surface area contributed by atoms with Crippen LogP contribution in [-0.4, -0.2) is 55.3 Å². The summed E-state index contributed by atoms with van der Waals surface area (Å²) in [4.78, 5) is 14.9. The summed E-state index contributed by atoms with van der Waals surface area (Å²) in [6.07, 6.45) is 3.48. The maximum absolute atomic E-state index is 14.9. The molecule has 9 nitrogen and oxygen atoms in total. The van der Waals surface area contributed by atoms with Gasteiger partial charge in [0.05, 0.1) is 52.8 Å². The van der Waals surface area contributed by atoms with Crippen LogP contribution in [0.1, 0.15) is 39.3 Å². The number of ether oxygens (including phenoxy) is 5. The van der Waals surface area contributed by atoms with Gasteiger partial charge in [0, 0.05) is 38.2 Å². The zero-order valence-electron chi connectivity index (χ0n) is 26.5. The number of rotatable bonds is 7. The van der Waals surface area contributed by atoms with Crippen molar-refractivity contribution >= 4 is 54.3 Å². The lowest BCUT2D eigenvalue weighted by atomic mass is 9.44.